The Hall–Kier alpha value is -1.75. The third-order valence-electron chi connectivity index (χ3n) is 3.34. The van der Waals surface area contributed by atoms with Crippen molar-refractivity contribution < 1.29 is 14.3 Å². The summed E-state index contributed by atoms with van der Waals surface area (Å²) >= 11 is 0. The van der Waals surface area contributed by atoms with Gasteiger partial charge in [0, 0.05) is 11.8 Å². The summed E-state index contributed by atoms with van der Waals surface area (Å²) in [4.78, 5) is 12.1. The average Bonchev–Trinajstić information content (AvgIpc) is 2.85. The second-order valence-corrected chi connectivity index (χ2v) is 4.39. The van der Waals surface area contributed by atoms with Gasteiger partial charge in [0.25, 0.3) is 0 Å². The van der Waals surface area contributed by atoms with Crippen molar-refractivity contribution in [3.8, 4) is 11.5 Å². The minimum Gasteiger partial charge on any atom is -0.454 e. The van der Waals surface area contributed by atoms with Crippen LogP contribution < -0.4 is 20.5 Å². The van der Waals surface area contributed by atoms with Gasteiger partial charge in [0.05, 0.1) is 5.54 Å². The molecule has 5 nitrogen and oxygen atoms in total. The highest BCUT2D eigenvalue weighted by molar-refractivity contribution is 5.98. The Balaban J connectivity index is 2.12. The summed E-state index contributed by atoms with van der Waals surface area (Å²) < 4.78 is 10.5. The van der Waals surface area contributed by atoms with Crippen LogP contribution in [0.2, 0.25) is 0 Å². The van der Waals surface area contributed by atoms with Crippen molar-refractivity contribution in [2.75, 3.05) is 12.1 Å². The van der Waals surface area contributed by atoms with E-state index in [-0.39, 0.29) is 12.7 Å². The Morgan fingerprint density at radius 3 is 2.67 bits per heavy atom. The van der Waals surface area contributed by atoms with Gasteiger partial charge in [0.2, 0.25) is 12.7 Å². The zero-order valence-electron chi connectivity index (χ0n) is 10.7. The first-order valence-electron chi connectivity index (χ1n) is 6.09. The molecule has 98 valence electrons. The molecule has 1 aliphatic rings. The van der Waals surface area contributed by atoms with E-state index in [9.17, 15) is 4.79 Å². The smallest absolute Gasteiger partial charge is 0.244 e. The minimum absolute atomic E-state index is 0.175. The summed E-state index contributed by atoms with van der Waals surface area (Å²) in [7, 11) is 0. The van der Waals surface area contributed by atoms with Crippen LogP contribution in [0.5, 0.6) is 11.5 Å². The fourth-order valence-electron chi connectivity index (χ4n) is 1.80. The molecule has 5 heteroatoms. The molecule has 0 radical (unpaired) electrons. The lowest BCUT2D eigenvalue weighted by atomic mass is 9.93. The van der Waals surface area contributed by atoms with E-state index in [0.717, 1.165) is 0 Å². The fraction of sp³-hybridized carbons (Fsp3) is 0.462. The van der Waals surface area contributed by atoms with Crippen LogP contribution in [0.1, 0.15) is 26.7 Å². The molecule has 0 saturated heterocycles. The molecule has 0 unspecified atom stereocenters. The van der Waals surface area contributed by atoms with Crippen molar-refractivity contribution >= 4 is 11.6 Å². The number of anilines is 1. The zero-order chi connectivity index (χ0) is 13.2. The minimum atomic E-state index is -0.823. The van der Waals surface area contributed by atoms with Gasteiger partial charge in [0.15, 0.2) is 11.5 Å². The lowest BCUT2D eigenvalue weighted by molar-refractivity contribution is -0.121. The summed E-state index contributed by atoms with van der Waals surface area (Å²) in [5.41, 5.74) is 5.88. The number of carbonyl (C=O) groups excluding carboxylic acids is 1. The molecule has 0 atom stereocenters. The topological polar surface area (TPSA) is 73.6 Å². The highest BCUT2D eigenvalue weighted by Crippen LogP contribution is 2.34. The van der Waals surface area contributed by atoms with E-state index in [1.807, 2.05) is 13.8 Å². The maximum atomic E-state index is 12.1. The van der Waals surface area contributed by atoms with E-state index in [1.54, 1.807) is 18.2 Å². The molecule has 0 bridgehead atoms. The van der Waals surface area contributed by atoms with Gasteiger partial charge in [-0.2, -0.15) is 0 Å². The maximum absolute atomic E-state index is 12.1. The maximum Gasteiger partial charge on any atom is 0.244 e. The Morgan fingerprint density at radius 1 is 1.33 bits per heavy atom. The van der Waals surface area contributed by atoms with Crippen molar-refractivity contribution in [2.45, 2.75) is 32.2 Å². The molecule has 0 aliphatic carbocycles. The number of rotatable bonds is 4. The van der Waals surface area contributed by atoms with E-state index >= 15 is 0 Å². The molecule has 1 aromatic rings. The summed E-state index contributed by atoms with van der Waals surface area (Å²) in [5.74, 6) is 1.16. The molecule has 3 N–H and O–H groups in total. The Labute approximate surface area is 106 Å². The van der Waals surface area contributed by atoms with Gasteiger partial charge in [0.1, 0.15) is 0 Å². The molecular weight excluding hydrogens is 232 g/mol. The van der Waals surface area contributed by atoms with E-state index in [2.05, 4.69) is 5.32 Å². The molecule has 18 heavy (non-hydrogen) atoms. The van der Waals surface area contributed by atoms with Crippen molar-refractivity contribution in [3.63, 3.8) is 0 Å². The Bertz CT molecular complexity index is 456. The van der Waals surface area contributed by atoms with Crippen LogP contribution in [-0.2, 0) is 4.79 Å². The van der Waals surface area contributed by atoms with Gasteiger partial charge in [-0.05, 0) is 25.0 Å². The molecule has 0 fully saturated rings. The summed E-state index contributed by atoms with van der Waals surface area (Å²) in [6.45, 7) is 4.03. The van der Waals surface area contributed by atoms with E-state index in [1.165, 1.54) is 0 Å². The first kappa shape index (κ1) is 12.7. The van der Waals surface area contributed by atoms with Gasteiger partial charge in [-0.25, -0.2) is 0 Å². The van der Waals surface area contributed by atoms with Crippen molar-refractivity contribution in [2.24, 2.45) is 5.73 Å². The third kappa shape index (κ3) is 2.26. The second kappa shape index (κ2) is 4.86. The highest BCUT2D eigenvalue weighted by atomic mass is 16.7. The number of ether oxygens (including phenoxy) is 2. The molecule has 0 saturated carbocycles. The van der Waals surface area contributed by atoms with Crippen LogP contribution >= 0.6 is 0 Å². The van der Waals surface area contributed by atoms with Crippen LogP contribution in [0.3, 0.4) is 0 Å². The number of hydrogen-bond acceptors (Lipinski definition) is 4. The normalized spacial score (nSPS) is 13.5. The van der Waals surface area contributed by atoms with Gasteiger partial charge in [-0.3, -0.25) is 4.79 Å². The summed E-state index contributed by atoms with van der Waals surface area (Å²) in [6, 6.07) is 5.29. The number of benzene rings is 1. The van der Waals surface area contributed by atoms with E-state index < -0.39 is 5.54 Å². The van der Waals surface area contributed by atoms with Crippen LogP contribution in [0.15, 0.2) is 18.2 Å². The number of hydrogen-bond donors (Lipinski definition) is 2. The monoisotopic (exact) mass is 250 g/mol. The van der Waals surface area contributed by atoms with Crippen molar-refractivity contribution in [1.29, 1.82) is 0 Å². The molecular formula is C13H18N2O3. The van der Waals surface area contributed by atoms with Gasteiger partial charge < -0.3 is 20.5 Å². The molecule has 0 aromatic heterocycles. The second-order valence-electron chi connectivity index (χ2n) is 4.39. The predicted molar refractivity (Wildman–Crippen MR) is 68.7 cm³/mol. The van der Waals surface area contributed by atoms with Gasteiger partial charge in [-0.1, -0.05) is 13.8 Å². The number of carbonyl (C=O) groups is 1. The van der Waals surface area contributed by atoms with E-state index in [4.69, 9.17) is 15.2 Å². The zero-order valence-corrected chi connectivity index (χ0v) is 10.7. The standard InChI is InChI=1S/C13H18N2O3/c1-3-13(14,4-2)12(16)15-9-5-6-10-11(7-9)18-8-17-10/h5-7H,3-4,8,14H2,1-2H3,(H,15,16). The lowest BCUT2D eigenvalue weighted by Gasteiger charge is -2.25. The van der Waals surface area contributed by atoms with Crippen LogP contribution in [0.25, 0.3) is 0 Å². The van der Waals surface area contributed by atoms with Crippen molar-refractivity contribution in [1.82, 2.24) is 0 Å². The number of amides is 1. The van der Waals surface area contributed by atoms with Crippen LogP contribution in [0, 0.1) is 0 Å². The predicted octanol–water partition coefficient (Wildman–Crippen LogP) is 1.87. The number of nitrogens with one attached hydrogen (secondary N) is 1. The van der Waals surface area contributed by atoms with Gasteiger partial charge >= 0.3 is 0 Å². The van der Waals surface area contributed by atoms with Crippen molar-refractivity contribution in [3.05, 3.63) is 18.2 Å². The Kier molecular flexibility index (Phi) is 3.43. The van der Waals surface area contributed by atoms with E-state index in [0.29, 0.717) is 30.0 Å². The summed E-state index contributed by atoms with van der Waals surface area (Å²) in [6.07, 6.45) is 1.19. The first-order chi connectivity index (χ1) is 8.59. The quantitative estimate of drug-likeness (QED) is 0.855. The molecule has 1 heterocycles. The van der Waals surface area contributed by atoms with Gasteiger partial charge in [-0.15, -0.1) is 0 Å². The molecule has 1 aliphatic heterocycles. The average molecular weight is 250 g/mol. The molecule has 2 rings (SSSR count). The number of nitrogens with two attached hydrogens (primary N) is 1. The third-order valence-corrected chi connectivity index (χ3v) is 3.34. The molecule has 1 amide bonds. The highest BCUT2D eigenvalue weighted by Gasteiger charge is 2.30. The molecule has 0 spiro atoms. The lowest BCUT2D eigenvalue weighted by Crippen LogP contribution is -2.50. The largest absolute Gasteiger partial charge is 0.454 e. The number of fused-ring (bicyclic) bond motifs is 1. The summed E-state index contributed by atoms with van der Waals surface area (Å²) in [5, 5.41) is 2.81. The fourth-order valence-corrected chi connectivity index (χ4v) is 1.80. The van der Waals surface area contributed by atoms with Crippen LogP contribution in [-0.4, -0.2) is 18.2 Å². The SMILES string of the molecule is CCC(N)(CC)C(=O)Nc1ccc2c(c1)OCO2. The van der Waals surface area contributed by atoms with Crippen LogP contribution in [0.4, 0.5) is 5.69 Å². The first-order valence-corrected chi connectivity index (χ1v) is 6.09. The Morgan fingerprint density at radius 2 is 2.00 bits per heavy atom. The molecule has 1 aromatic carbocycles.